The van der Waals surface area contributed by atoms with Gasteiger partial charge in [-0.2, -0.15) is 11.8 Å². The molecule has 1 fully saturated rings. The van der Waals surface area contributed by atoms with Crippen LogP contribution in [0.15, 0.2) is 0 Å². The molecule has 0 saturated carbocycles. The Hall–Kier alpha value is 0.230. The third-order valence-electron chi connectivity index (χ3n) is 4.29. The fraction of sp³-hybridized carbons (Fsp3) is 1.00. The van der Waals surface area contributed by atoms with E-state index in [4.69, 9.17) is 10.5 Å². The number of methoxy groups -OCH3 is 1. The Morgan fingerprint density at radius 3 is 2.56 bits per heavy atom. The van der Waals surface area contributed by atoms with Gasteiger partial charge < -0.3 is 10.5 Å². The number of hydrogen-bond donors (Lipinski definition) is 1. The predicted octanol–water partition coefficient (Wildman–Crippen LogP) is 2.20. The summed E-state index contributed by atoms with van der Waals surface area (Å²) in [7, 11) is 1.78. The van der Waals surface area contributed by atoms with Gasteiger partial charge in [-0.05, 0) is 12.3 Å². The van der Waals surface area contributed by atoms with Crippen LogP contribution in [0.5, 0.6) is 0 Å². The van der Waals surface area contributed by atoms with Gasteiger partial charge in [0.05, 0.1) is 12.1 Å². The van der Waals surface area contributed by atoms with E-state index in [-0.39, 0.29) is 5.54 Å². The summed E-state index contributed by atoms with van der Waals surface area (Å²) in [6.45, 7) is 12.8. The lowest BCUT2D eigenvalue weighted by molar-refractivity contribution is -0.0133. The second-order valence-electron chi connectivity index (χ2n) is 6.24. The lowest BCUT2D eigenvalue weighted by Gasteiger charge is -2.45. The van der Waals surface area contributed by atoms with Crippen molar-refractivity contribution in [1.29, 1.82) is 0 Å². The molecule has 0 amide bonds. The van der Waals surface area contributed by atoms with Crippen molar-refractivity contribution in [3.8, 4) is 0 Å². The first-order valence-corrected chi connectivity index (χ1v) is 7.94. The third kappa shape index (κ3) is 3.62. The Morgan fingerprint density at radius 1 is 1.39 bits per heavy atom. The van der Waals surface area contributed by atoms with Crippen LogP contribution in [0.1, 0.15) is 34.1 Å². The molecule has 1 heterocycles. The third-order valence-corrected chi connectivity index (χ3v) is 5.66. The minimum absolute atomic E-state index is 0.00424. The molecule has 3 nitrogen and oxygen atoms in total. The Balaban J connectivity index is 2.85. The molecule has 1 unspecified atom stereocenters. The highest BCUT2D eigenvalue weighted by atomic mass is 32.2. The van der Waals surface area contributed by atoms with Gasteiger partial charge in [-0.25, -0.2) is 0 Å². The SMILES string of the molecule is COCC(CN)(C(C)C)N1CCSC(C)(C)CC1. The highest BCUT2D eigenvalue weighted by Gasteiger charge is 2.40. The first-order valence-electron chi connectivity index (χ1n) is 6.96. The van der Waals surface area contributed by atoms with E-state index in [1.165, 1.54) is 12.2 Å². The molecule has 0 bridgehead atoms. The second kappa shape index (κ2) is 6.60. The maximum absolute atomic E-state index is 6.12. The van der Waals surface area contributed by atoms with Gasteiger partial charge in [-0.1, -0.05) is 27.7 Å². The van der Waals surface area contributed by atoms with Crippen LogP contribution in [0.25, 0.3) is 0 Å². The van der Waals surface area contributed by atoms with Crippen molar-refractivity contribution < 1.29 is 4.74 Å². The van der Waals surface area contributed by atoms with Crippen molar-refractivity contribution >= 4 is 11.8 Å². The molecule has 1 aliphatic heterocycles. The minimum atomic E-state index is -0.00424. The van der Waals surface area contributed by atoms with E-state index in [2.05, 4.69) is 44.4 Å². The highest BCUT2D eigenvalue weighted by molar-refractivity contribution is 8.00. The van der Waals surface area contributed by atoms with Crippen molar-refractivity contribution in [3.63, 3.8) is 0 Å². The van der Waals surface area contributed by atoms with Crippen molar-refractivity contribution in [1.82, 2.24) is 4.90 Å². The zero-order chi connectivity index (χ0) is 13.8. The Kier molecular flexibility index (Phi) is 5.97. The van der Waals surface area contributed by atoms with Gasteiger partial charge in [0, 0.05) is 37.2 Å². The first-order chi connectivity index (χ1) is 8.38. The van der Waals surface area contributed by atoms with Gasteiger partial charge in [0.2, 0.25) is 0 Å². The number of nitrogens with two attached hydrogens (primary N) is 1. The van der Waals surface area contributed by atoms with Crippen molar-refractivity contribution in [3.05, 3.63) is 0 Å². The number of hydrogen-bond acceptors (Lipinski definition) is 4. The second-order valence-corrected chi connectivity index (χ2v) is 8.04. The Morgan fingerprint density at radius 2 is 2.06 bits per heavy atom. The molecule has 18 heavy (non-hydrogen) atoms. The summed E-state index contributed by atoms with van der Waals surface area (Å²) in [4.78, 5) is 2.57. The minimum Gasteiger partial charge on any atom is -0.383 e. The average molecular weight is 274 g/mol. The maximum atomic E-state index is 6.12. The van der Waals surface area contributed by atoms with E-state index >= 15 is 0 Å². The molecule has 0 aromatic carbocycles. The fourth-order valence-electron chi connectivity index (χ4n) is 2.76. The van der Waals surface area contributed by atoms with Crippen LogP contribution in [-0.4, -0.2) is 54.3 Å². The van der Waals surface area contributed by atoms with E-state index in [1.807, 2.05) is 0 Å². The van der Waals surface area contributed by atoms with Crippen molar-refractivity contribution in [2.75, 3.05) is 39.1 Å². The molecule has 1 saturated heterocycles. The summed E-state index contributed by atoms with van der Waals surface area (Å²) in [6.07, 6.45) is 1.22. The predicted molar refractivity (Wildman–Crippen MR) is 81.2 cm³/mol. The molecule has 1 aliphatic rings. The van der Waals surface area contributed by atoms with Crippen LogP contribution in [-0.2, 0) is 4.74 Å². The quantitative estimate of drug-likeness (QED) is 0.834. The summed E-state index contributed by atoms with van der Waals surface area (Å²) in [6, 6.07) is 0. The maximum Gasteiger partial charge on any atom is 0.0661 e. The molecule has 108 valence electrons. The van der Waals surface area contributed by atoms with Crippen LogP contribution in [0.3, 0.4) is 0 Å². The number of thioether (sulfide) groups is 1. The summed E-state index contributed by atoms with van der Waals surface area (Å²) < 4.78 is 5.87. The van der Waals surface area contributed by atoms with Crippen molar-refractivity contribution in [2.24, 2.45) is 11.7 Å². The standard InChI is InChI=1S/C14H30N2OS/c1-12(2)14(10-15,11-17-5)16-7-6-13(3,4)18-9-8-16/h12H,6-11,15H2,1-5H3. The molecule has 2 N–H and O–H groups in total. The molecule has 0 aromatic rings. The van der Waals surface area contributed by atoms with E-state index < -0.39 is 0 Å². The van der Waals surface area contributed by atoms with E-state index in [0.29, 0.717) is 17.2 Å². The van der Waals surface area contributed by atoms with Crippen molar-refractivity contribution in [2.45, 2.75) is 44.4 Å². The number of nitrogens with zero attached hydrogens (tertiary/aromatic N) is 1. The lowest BCUT2D eigenvalue weighted by atomic mass is 9.84. The average Bonchev–Trinajstić information content (AvgIpc) is 2.47. The molecule has 1 rings (SSSR count). The molecular formula is C14H30N2OS. The number of rotatable bonds is 5. The molecular weight excluding hydrogens is 244 g/mol. The van der Waals surface area contributed by atoms with Gasteiger partial charge in [-0.3, -0.25) is 4.90 Å². The van der Waals surface area contributed by atoms with Gasteiger partial charge in [0.25, 0.3) is 0 Å². The topological polar surface area (TPSA) is 38.5 Å². The summed E-state index contributed by atoms with van der Waals surface area (Å²) >= 11 is 2.08. The van der Waals surface area contributed by atoms with Gasteiger partial charge in [-0.15, -0.1) is 0 Å². The Labute approximate surface area is 117 Å². The van der Waals surface area contributed by atoms with Crippen LogP contribution < -0.4 is 5.73 Å². The zero-order valence-corrected chi connectivity index (χ0v) is 13.5. The number of ether oxygens (including phenoxy) is 1. The van der Waals surface area contributed by atoms with E-state index in [9.17, 15) is 0 Å². The van der Waals surface area contributed by atoms with E-state index in [1.54, 1.807) is 7.11 Å². The fourth-order valence-corrected chi connectivity index (χ4v) is 3.86. The normalized spacial score (nSPS) is 24.8. The van der Waals surface area contributed by atoms with Crippen LogP contribution in [0.2, 0.25) is 0 Å². The van der Waals surface area contributed by atoms with Crippen LogP contribution in [0, 0.1) is 5.92 Å². The highest BCUT2D eigenvalue weighted by Crippen LogP contribution is 2.34. The van der Waals surface area contributed by atoms with Gasteiger partial charge >= 0.3 is 0 Å². The lowest BCUT2D eigenvalue weighted by Crippen LogP contribution is -2.61. The van der Waals surface area contributed by atoms with Crippen LogP contribution in [0.4, 0.5) is 0 Å². The zero-order valence-electron chi connectivity index (χ0n) is 12.7. The molecule has 0 radical (unpaired) electrons. The van der Waals surface area contributed by atoms with Gasteiger partial charge in [0.15, 0.2) is 0 Å². The smallest absolute Gasteiger partial charge is 0.0661 e. The first kappa shape index (κ1) is 16.3. The molecule has 0 aromatic heterocycles. The monoisotopic (exact) mass is 274 g/mol. The molecule has 1 atom stereocenters. The molecule has 0 spiro atoms. The van der Waals surface area contributed by atoms with Gasteiger partial charge in [0.1, 0.15) is 0 Å². The largest absolute Gasteiger partial charge is 0.383 e. The molecule has 4 heteroatoms. The van der Waals surface area contributed by atoms with Crippen LogP contribution >= 0.6 is 11.8 Å². The van der Waals surface area contributed by atoms with E-state index in [0.717, 1.165) is 19.7 Å². The summed E-state index contributed by atoms with van der Waals surface area (Å²) in [5, 5.41) is 0. The molecule has 0 aliphatic carbocycles. The summed E-state index contributed by atoms with van der Waals surface area (Å²) in [5.74, 6) is 1.69. The Bertz CT molecular complexity index is 258. The summed E-state index contributed by atoms with van der Waals surface area (Å²) in [5.41, 5.74) is 6.11.